The molecule has 0 fully saturated rings. The Labute approximate surface area is 127 Å². The molecule has 2 rings (SSSR count). The normalized spacial score (nSPS) is 11.3. The van der Waals surface area contributed by atoms with E-state index in [-0.39, 0.29) is 5.56 Å². The van der Waals surface area contributed by atoms with E-state index in [4.69, 9.17) is 15.6 Å². The highest BCUT2D eigenvalue weighted by molar-refractivity contribution is 5.92. The van der Waals surface area contributed by atoms with Gasteiger partial charge in [-0.2, -0.15) is 13.2 Å². The first-order valence-electron chi connectivity index (χ1n) is 6.10. The Bertz CT molecular complexity index is 758. The molecule has 9 heteroatoms. The molecular weight excluding hydrogens is 320 g/mol. The second kappa shape index (κ2) is 5.75. The van der Waals surface area contributed by atoms with Crippen molar-refractivity contribution in [2.24, 2.45) is 0 Å². The summed E-state index contributed by atoms with van der Waals surface area (Å²) in [7, 11) is 1.09. The molecule has 0 spiro atoms. The number of alkyl halides is 3. The van der Waals surface area contributed by atoms with Gasteiger partial charge in [0.15, 0.2) is 17.3 Å². The summed E-state index contributed by atoms with van der Waals surface area (Å²) in [6, 6.07) is 3.42. The molecule has 5 nitrogen and oxygen atoms in total. The number of nitrogens with zero attached hydrogens (tertiary/aromatic N) is 1. The van der Waals surface area contributed by atoms with Crippen LogP contribution in [-0.2, 0) is 6.18 Å². The first-order chi connectivity index (χ1) is 10.7. The van der Waals surface area contributed by atoms with E-state index in [0.29, 0.717) is 0 Å². The number of aromatic carboxylic acids is 1. The number of methoxy groups -OCH3 is 1. The predicted octanol–water partition coefficient (Wildman–Crippen LogP) is 3.20. The molecule has 0 radical (unpaired) electrons. The second-order valence-electron chi connectivity index (χ2n) is 4.45. The third-order valence-corrected chi connectivity index (χ3v) is 3.02. The number of carboxylic acid groups (broad SMARTS) is 1. The lowest BCUT2D eigenvalue weighted by atomic mass is 10.1. The van der Waals surface area contributed by atoms with E-state index >= 15 is 0 Å². The highest BCUT2D eigenvalue weighted by Gasteiger charge is 2.30. The van der Waals surface area contributed by atoms with Gasteiger partial charge in [0.05, 0.1) is 12.7 Å². The quantitative estimate of drug-likeness (QED) is 0.844. The maximum Gasteiger partial charge on any atom is 0.416 e. The van der Waals surface area contributed by atoms with E-state index in [1.807, 2.05) is 0 Å². The van der Waals surface area contributed by atoms with Crippen LogP contribution in [0.1, 0.15) is 16.1 Å². The number of ether oxygens (including phenoxy) is 1. The van der Waals surface area contributed by atoms with Gasteiger partial charge in [0.2, 0.25) is 0 Å². The molecule has 23 heavy (non-hydrogen) atoms. The molecule has 122 valence electrons. The number of benzene rings is 1. The minimum Gasteiger partial charge on any atom is -0.492 e. The number of nitrogen functional groups attached to an aromatic ring is 1. The number of aromatic nitrogens is 1. The van der Waals surface area contributed by atoms with Gasteiger partial charge >= 0.3 is 12.1 Å². The summed E-state index contributed by atoms with van der Waals surface area (Å²) in [6.07, 6.45) is -4.55. The van der Waals surface area contributed by atoms with Gasteiger partial charge in [-0.05, 0) is 12.1 Å². The van der Waals surface area contributed by atoms with E-state index in [1.54, 1.807) is 0 Å². The van der Waals surface area contributed by atoms with Crippen LogP contribution < -0.4 is 10.5 Å². The molecule has 0 saturated carbocycles. The molecular formula is C14H10F4N2O3. The van der Waals surface area contributed by atoms with Crippen LogP contribution in [0.5, 0.6) is 5.75 Å². The number of nitrogens with two attached hydrogens (primary N) is 1. The minimum absolute atomic E-state index is 0.0487. The van der Waals surface area contributed by atoms with Crippen LogP contribution in [0.3, 0.4) is 0 Å². The summed E-state index contributed by atoms with van der Waals surface area (Å²) < 4.78 is 56.5. The van der Waals surface area contributed by atoms with Crippen LogP contribution in [0, 0.1) is 5.82 Å². The van der Waals surface area contributed by atoms with Crippen LogP contribution in [-0.4, -0.2) is 23.2 Å². The van der Waals surface area contributed by atoms with Crippen LogP contribution in [0.2, 0.25) is 0 Å². The van der Waals surface area contributed by atoms with E-state index < -0.39 is 46.4 Å². The maximum absolute atomic E-state index is 14.2. The zero-order valence-electron chi connectivity index (χ0n) is 11.6. The number of hydrogen-bond donors (Lipinski definition) is 2. The third kappa shape index (κ3) is 3.03. The van der Waals surface area contributed by atoms with Crippen LogP contribution in [0.15, 0.2) is 24.3 Å². The molecule has 0 aliphatic heterocycles. The van der Waals surface area contributed by atoms with Crippen molar-refractivity contribution in [3.63, 3.8) is 0 Å². The molecule has 1 heterocycles. The van der Waals surface area contributed by atoms with E-state index in [2.05, 4.69) is 4.98 Å². The Hall–Kier alpha value is -2.84. The predicted molar refractivity (Wildman–Crippen MR) is 72.6 cm³/mol. The summed E-state index contributed by atoms with van der Waals surface area (Å²) in [5.41, 5.74) is 2.80. The number of rotatable bonds is 3. The minimum atomic E-state index is -4.55. The van der Waals surface area contributed by atoms with Crippen molar-refractivity contribution in [1.29, 1.82) is 0 Å². The zero-order chi connectivity index (χ0) is 17.4. The van der Waals surface area contributed by atoms with Crippen molar-refractivity contribution in [3.05, 3.63) is 41.3 Å². The maximum atomic E-state index is 14.2. The first-order valence-corrected chi connectivity index (χ1v) is 6.10. The van der Waals surface area contributed by atoms with Gasteiger partial charge in [-0.15, -0.1) is 0 Å². The Morgan fingerprint density at radius 2 is 1.83 bits per heavy atom. The number of hydrogen-bond acceptors (Lipinski definition) is 4. The molecule has 2 aromatic rings. The Balaban J connectivity index is 2.62. The topological polar surface area (TPSA) is 85.4 Å². The van der Waals surface area contributed by atoms with Crippen LogP contribution in [0.4, 0.5) is 23.2 Å². The van der Waals surface area contributed by atoms with Crippen molar-refractivity contribution in [2.45, 2.75) is 6.18 Å². The van der Waals surface area contributed by atoms with Gasteiger partial charge in [-0.1, -0.05) is 12.1 Å². The lowest BCUT2D eigenvalue weighted by molar-refractivity contribution is -0.137. The SMILES string of the molecule is COc1c(C(=O)O)nc(-c2ccc(C(F)(F)F)cc2)c(F)c1N. The number of anilines is 1. The summed E-state index contributed by atoms with van der Waals surface area (Å²) >= 11 is 0. The van der Waals surface area contributed by atoms with E-state index in [1.165, 1.54) is 0 Å². The summed E-state index contributed by atoms with van der Waals surface area (Å²) in [6.45, 7) is 0. The molecule has 1 aromatic heterocycles. The first kappa shape index (κ1) is 16.5. The molecule has 0 aliphatic rings. The average molecular weight is 330 g/mol. The molecule has 1 aromatic carbocycles. The highest BCUT2D eigenvalue weighted by atomic mass is 19.4. The van der Waals surface area contributed by atoms with Crippen molar-refractivity contribution >= 4 is 11.7 Å². The fourth-order valence-electron chi connectivity index (χ4n) is 1.93. The lowest BCUT2D eigenvalue weighted by Gasteiger charge is -2.13. The summed E-state index contributed by atoms with van der Waals surface area (Å²) in [5, 5.41) is 9.06. The van der Waals surface area contributed by atoms with Gasteiger partial charge in [0, 0.05) is 5.56 Å². The fourth-order valence-corrected chi connectivity index (χ4v) is 1.93. The largest absolute Gasteiger partial charge is 0.492 e. The average Bonchev–Trinajstić information content (AvgIpc) is 2.48. The number of halogens is 4. The smallest absolute Gasteiger partial charge is 0.416 e. The van der Waals surface area contributed by atoms with E-state index in [9.17, 15) is 22.4 Å². The summed E-state index contributed by atoms with van der Waals surface area (Å²) in [5.74, 6) is -3.04. The molecule has 0 bridgehead atoms. The Morgan fingerprint density at radius 3 is 2.26 bits per heavy atom. The third-order valence-electron chi connectivity index (χ3n) is 3.02. The van der Waals surface area contributed by atoms with Crippen LogP contribution >= 0.6 is 0 Å². The van der Waals surface area contributed by atoms with Crippen LogP contribution in [0.25, 0.3) is 11.3 Å². The molecule has 0 atom stereocenters. The van der Waals surface area contributed by atoms with Crippen molar-refractivity contribution in [3.8, 4) is 17.0 Å². The van der Waals surface area contributed by atoms with Gasteiger partial charge in [-0.3, -0.25) is 0 Å². The standard InChI is InChI=1S/C14H10F4N2O3/c1-23-12-9(19)8(15)10(20-11(12)13(21)22)6-2-4-7(5-3-6)14(16,17)18/h2-5H,1H3,(H2,19,20)(H,21,22). The number of carboxylic acids is 1. The highest BCUT2D eigenvalue weighted by Crippen LogP contribution is 2.35. The monoisotopic (exact) mass is 330 g/mol. The lowest BCUT2D eigenvalue weighted by Crippen LogP contribution is -2.10. The van der Waals surface area contributed by atoms with Crippen molar-refractivity contribution in [2.75, 3.05) is 12.8 Å². The van der Waals surface area contributed by atoms with Crippen molar-refractivity contribution < 1.29 is 32.2 Å². The molecule has 0 amide bonds. The molecule has 0 aliphatic carbocycles. The summed E-state index contributed by atoms with van der Waals surface area (Å²) in [4.78, 5) is 14.7. The van der Waals surface area contributed by atoms with Gasteiger partial charge < -0.3 is 15.6 Å². The van der Waals surface area contributed by atoms with E-state index in [0.717, 1.165) is 31.4 Å². The Kier molecular flexibility index (Phi) is 4.13. The Morgan fingerprint density at radius 1 is 1.26 bits per heavy atom. The fraction of sp³-hybridized carbons (Fsp3) is 0.143. The molecule has 0 saturated heterocycles. The molecule has 3 N–H and O–H groups in total. The zero-order valence-corrected chi connectivity index (χ0v) is 11.6. The molecule has 0 unspecified atom stereocenters. The second-order valence-corrected chi connectivity index (χ2v) is 4.45. The van der Waals surface area contributed by atoms with Gasteiger partial charge in [-0.25, -0.2) is 14.2 Å². The number of pyridine rings is 1. The van der Waals surface area contributed by atoms with Crippen molar-refractivity contribution in [1.82, 2.24) is 4.98 Å². The van der Waals surface area contributed by atoms with Gasteiger partial charge in [0.1, 0.15) is 11.4 Å². The van der Waals surface area contributed by atoms with Gasteiger partial charge in [0.25, 0.3) is 0 Å². The number of carbonyl (C=O) groups is 1.